The van der Waals surface area contributed by atoms with Crippen LogP contribution in [0, 0.1) is 24.0 Å². The summed E-state index contributed by atoms with van der Waals surface area (Å²) < 4.78 is 0. The van der Waals surface area contributed by atoms with E-state index in [1.165, 1.54) is 6.07 Å². The minimum Gasteiger partial charge on any atom is -0.334 e. The molecule has 0 aliphatic heterocycles. The van der Waals surface area contributed by atoms with Crippen molar-refractivity contribution >= 4 is 23.3 Å². The summed E-state index contributed by atoms with van der Waals surface area (Å²) in [6, 6.07) is 11.6. The van der Waals surface area contributed by atoms with Crippen LogP contribution in [-0.2, 0) is 11.3 Å². The van der Waals surface area contributed by atoms with Gasteiger partial charge in [-0.1, -0.05) is 35.9 Å². The molecular formula is C18H20N4O4. The van der Waals surface area contributed by atoms with E-state index in [4.69, 9.17) is 0 Å². The van der Waals surface area contributed by atoms with Crippen molar-refractivity contribution in [1.82, 2.24) is 10.6 Å². The molecule has 3 amide bonds. The summed E-state index contributed by atoms with van der Waals surface area (Å²) in [5.74, 6) is -0.478. The van der Waals surface area contributed by atoms with Gasteiger partial charge in [0.1, 0.15) is 0 Å². The molecule has 0 bridgehead atoms. The summed E-state index contributed by atoms with van der Waals surface area (Å²) in [6.07, 6.45) is 0. The van der Waals surface area contributed by atoms with Gasteiger partial charge in [-0.3, -0.25) is 14.9 Å². The van der Waals surface area contributed by atoms with Gasteiger partial charge in [0.15, 0.2) is 0 Å². The molecule has 0 spiro atoms. The highest BCUT2D eigenvalue weighted by molar-refractivity contribution is 5.94. The quantitative estimate of drug-likeness (QED) is 0.545. The number of nitrogens with one attached hydrogen (secondary N) is 3. The highest BCUT2D eigenvalue weighted by atomic mass is 16.6. The molecule has 0 radical (unpaired) electrons. The molecule has 26 heavy (non-hydrogen) atoms. The number of nitro groups is 1. The van der Waals surface area contributed by atoms with Gasteiger partial charge < -0.3 is 16.0 Å². The largest absolute Gasteiger partial charge is 0.334 e. The monoisotopic (exact) mass is 356 g/mol. The average molecular weight is 356 g/mol. The molecule has 2 aromatic carbocycles. The average Bonchev–Trinajstić information content (AvgIpc) is 2.61. The number of nitro benzene ring substituents is 1. The molecule has 3 N–H and O–H groups in total. The highest BCUT2D eigenvalue weighted by Gasteiger charge is 2.12. The molecule has 0 aliphatic rings. The predicted octanol–water partition coefficient (Wildman–Crippen LogP) is 2.65. The summed E-state index contributed by atoms with van der Waals surface area (Å²) >= 11 is 0. The van der Waals surface area contributed by atoms with Crippen LogP contribution in [0.15, 0.2) is 42.5 Å². The van der Waals surface area contributed by atoms with Gasteiger partial charge in [0, 0.05) is 23.9 Å². The van der Waals surface area contributed by atoms with Gasteiger partial charge in [-0.05, 0) is 25.5 Å². The minimum absolute atomic E-state index is 0.0772. The number of hydrogen-bond acceptors (Lipinski definition) is 4. The standard InChI is InChI=1S/C18H20N4O4/c1-12-3-6-14(7-4-12)10-19-18(24)20-11-17(23)21-15-8-5-13(2)16(9-15)22(25)26/h3-9H,10-11H2,1-2H3,(H,21,23)(H2,19,20,24). The van der Waals surface area contributed by atoms with E-state index in [9.17, 15) is 19.7 Å². The lowest BCUT2D eigenvalue weighted by atomic mass is 10.1. The normalized spacial score (nSPS) is 10.1. The molecule has 0 saturated heterocycles. The highest BCUT2D eigenvalue weighted by Crippen LogP contribution is 2.22. The number of carbonyl (C=O) groups excluding carboxylic acids is 2. The van der Waals surface area contributed by atoms with Crippen LogP contribution in [0.3, 0.4) is 0 Å². The lowest BCUT2D eigenvalue weighted by molar-refractivity contribution is -0.385. The van der Waals surface area contributed by atoms with Crippen LogP contribution in [0.5, 0.6) is 0 Å². The fraction of sp³-hybridized carbons (Fsp3) is 0.222. The zero-order valence-electron chi connectivity index (χ0n) is 14.5. The Kier molecular flexibility index (Phi) is 6.26. The van der Waals surface area contributed by atoms with Crippen molar-refractivity contribution in [2.75, 3.05) is 11.9 Å². The van der Waals surface area contributed by atoms with Gasteiger partial charge in [-0.15, -0.1) is 0 Å². The van der Waals surface area contributed by atoms with Gasteiger partial charge in [-0.25, -0.2) is 4.79 Å². The zero-order valence-corrected chi connectivity index (χ0v) is 14.5. The van der Waals surface area contributed by atoms with E-state index in [2.05, 4.69) is 16.0 Å². The molecule has 136 valence electrons. The van der Waals surface area contributed by atoms with Gasteiger partial charge >= 0.3 is 6.03 Å². The van der Waals surface area contributed by atoms with Crippen LogP contribution in [0.4, 0.5) is 16.2 Å². The van der Waals surface area contributed by atoms with Crippen molar-refractivity contribution in [2.24, 2.45) is 0 Å². The third kappa shape index (κ3) is 5.59. The van der Waals surface area contributed by atoms with E-state index < -0.39 is 16.9 Å². The first-order valence-electron chi connectivity index (χ1n) is 7.97. The maximum absolute atomic E-state index is 11.9. The van der Waals surface area contributed by atoms with Crippen molar-refractivity contribution < 1.29 is 14.5 Å². The van der Waals surface area contributed by atoms with Crippen LogP contribution < -0.4 is 16.0 Å². The van der Waals surface area contributed by atoms with Crippen molar-refractivity contribution in [3.63, 3.8) is 0 Å². The SMILES string of the molecule is Cc1ccc(CNC(=O)NCC(=O)Nc2ccc(C)c([N+](=O)[O-])c2)cc1. The maximum atomic E-state index is 11.9. The van der Waals surface area contributed by atoms with Crippen molar-refractivity contribution in [1.29, 1.82) is 0 Å². The minimum atomic E-state index is -0.512. The Balaban J connectivity index is 1.79. The maximum Gasteiger partial charge on any atom is 0.315 e. The van der Waals surface area contributed by atoms with E-state index in [0.29, 0.717) is 17.8 Å². The van der Waals surface area contributed by atoms with E-state index in [1.807, 2.05) is 31.2 Å². The Morgan fingerprint density at radius 2 is 1.73 bits per heavy atom. The molecule has 2 rings (SSSR count). The number of amides is 3. The van der Waals surface area contributed by atoms with E-state index in [1.54, 1.807) is 19.1 Å². The number of anilines is 1. The van der Waals surface area contributed by atoms with Gasteiger partial charge in [-0.2, -0.15) is 0 Å². The summed E-state index contributed by atoms with van der Waals surface area (Å²) in [4.78, 5) is 34.0. The first kappa shape index (κ1) is 18.9. The Bertz CT molecular complexity index is 818. The Morgan fingerprint density at radius 1 is 1.04 bits per heavy atom. The van der Waals surface area contributed by atoms with Crippen LogP contribution in [-0.4, -0.2) is 23.4 Å². The Morgan fingerprint density at radius 3 is 2.38 bits per heavy atom. The van der Waals surface area contributed by atoms with Crippen LogP contribution in [0.2, 0.25) is 0 Å². The summed E-state index contributed by atoms with van der Waals surface area (Å²) in [6.45, 7) is 3.69. The van der Waals surface area contributed by atoms with Crippen LogP contribution in [0.25, 0.3) is 0 Å². The first-order valence-corrected chi connectivity index (χ1v) is 7.97. The smallest absolute Gasteiger partial charge is 0.315 e. The molecule has 0 aliphatic carbocycles. The van der Waals surface area contributed by atoms with Gasteiger partial charge in [0.2, 0.25) is 5.91 Å². The lowest BCUT2D eigenvalue weighted by Gasteiger charge is -2.09. The molecule has 2 aromatic rings. The van der Waals surface area contributed by atoms with Crippen molar-refractivity contribution in [2.45, 2.75) is 20.4 Å². The summed E-state index contributed by atoms with van der Waals surface area (Å²) in [7, 11) is 0. The predicted molar refractivity (Wildman–Crippen MR) is 97.9 cm³/mol. The fourth-order valence-corrected chi connectivity index (χ4v) is 2.20. The number of hydrogen-bond donors (Lipinski definition) is 3. The van der Waals surface area contributed by atoms with Crippen molar-refractivity contribution in [3.8, 4) is 0 Å². The van der Waals surface area contributed by atoms with Gasteiger partial charge in [0.05, 0.1) is 11.5 Å². The second kappa shape index (κ2) is 8.61. The molecule has 0 unspecified atom stereocenters. The van der Waals surface area contributed by atoms with E-state index >= 15 is 0 Å². The summed E-state index contributed by atoms with van der Waals surface area (Å²) in [5, 5.41) is 18.5. The molecule has 0 fully saturated rings. The number of rotatable bonds is 6. The number of urea groups is 1. The molecule has 8 nitrogen and oxygen atoms in total. The second-order valence-electron chi connectivity index (χ2n) is 5.83. The summed E-state index contributed by atoms with van der Waals surface area (Å²) in [5.41, 5.74) is 2.80. The number of nitrogens with zero attached hydrogens (tertiary/aromatic N) is 1. The second-order valence-corrected chi connectivity index (χ2v) is 5.83. The number of benzene rings is 2. The molecular weight excluding hydrogens is 336 g/mol. The third-order valence-corrected chi connectivity index (χ3v) is 3.67. The molecule has 0 aromatic heterocycles. The van der Waals surface area contributed by atoms with Crippen LogP contribution in [0.1, 0.15) is 16.7 Å². The molecule has 8 heteroatoms. The Labute approximate surface area is 150 Å². The van der Waals surface area contributed by atoms with E-state index in [-0.39, 0.29) is 12.2 Å². The fourth-order valence-electron chi connectivity index (χ4n) is 2.20. The van der Waals surface area contributed by atoms with E-state index in [0.717, 1.165) is 11.1 Å². The third-order valence-electron chi connectivity index (χ3n) is 3.67. The zero-order chi connectivity index (χ0) is 19.1. The van der Waals surface area contributed by atoms with Gasteiger partial charge in [0.25, 0.3) is 5.69 Å². The topological polar surface area (TPSA) is 113 Å². The number of carbonyl (C=O) groups is 2. The lowest BCUT2D eigenvalue weighted by Crippen LogP contribution is -2.39. The first-order chi connectivity index (χ1) is 12.3. The molecule has 0 atom stereocenters. The van der Waals surface area contributed by atoms with Crippen LogP contribution >= 0.6 is 0 Å². The Hall–Kier alpha value is -3.42. The molecule has 0 saturated carbocycles. The molecule has 0 heterocycles. The van der Waals surface area contributed by atoms with Crippen molar-refractivity contribution in [3.05, 3.63) is 69.3 Å². The number of aryl methyl sites for hydroxylation is 2.